The first kappa shape index (κ1) is 20.3. The van der Waals surface area contributed by atoms with Gasteiger partial charge < -0.3 is 4.90 Å². The van der Waals surface area contributed by atoms with E-state index in [1.54, 1.807) is 16.9 Å². The van der Waals surface area contributed by atoms with Crippen molar-refractivity contribution in [3.63, 3.8) is 0 Å². The van der Waals surface area contributed by atoms with Crippen molar-refractivity contribution < 1.29 is 9.18 Å². The molecule has 0 spiro atoms. The lowest BCUT2D eigenvalue weighted by Gasteiger charge is -2.32. The monoisotopic (exact) mass is 406 g/mol. The molecule has 1 aliphatic rings. The van der Waals surface area contributed by atoms with Crippen molar-refractivity contribution in [1.82, 2.24) is 19.7 Å². The fraction of sp³-hybridized carbons (Fsp3) is 0.375. The van der Waals surface area contributed by atoms with Crippen molar-refractivity contribution in [2.75, 3.05) is 13.1 Å². The van der Waals surface area contributed by atoms with Gasteiger partial charge in [0.05, 0.1) is 11.3 Å². The Labute approximate surface area is 176 Å². The molecule has 0 radical (unpaired) electrons. The summed E-state index contributed by atoms with van der Waals surface area (Å²) < 4.78 is 15.8. The third kappa shape index (κ3) is 4.27. The lowest BCUT2D eigenvalue weighted by atomic mass is 9.92. The quantitative estimate of drug-likeness (QED) is 0.653. The van der Waals surface area contributed by atoms with Gasteiger partial charge in [-0.05, 0) is 56.0 Å². The Morgan fingerprint density at radius 2 is 2.03 bits per heavy atom. The highest BCUT2D eigenvalue weighted by Crippen LogP contribution is 2.28. The normalized spacial score (nSPS) is 16.7. The van der Waals surface area contributed by atoms with Crippen LogP contribution in [0.4, 0.5) is 4.39 Å². The predicted molar refractivity (Wildman–Crippen MR) is 114 cm³/mol. The highest BCUT2D eigenvalue weighted by molar-refractivity contribution is 5.95. The van der Waals surface area contributed by atoms with Crippen molar-refractivity contribution in [3.8, 4) is 0 Å². The number of likely N-dealkylation sites (tertiary alicyclic amines) is 1. The molecule has 1 fully saturated rings. The number of hydrogen-bond acceptors (Lipinski definition) is 3. The van der Waals surface area contributed by atoms with Crippen LogP contribution in [0, 0.1) is 19.7 Å². The Morgan fingerprint density at radius 1 is 1.23 bits per heavy atom. The van der Waals surface area contributed by atoms with Crippen LogP contribution in [0.25, 0.3) is 0 Å². The van der Waals surface area contributed by atoms with Gasteiger partial charge in [0.1, 0.15) is 5.82 Å². The molecular formula is C24H27FN4O. The average molecular weight is 407 g/mol. The molecule has 5 nitrogen and oxygen atoms in total. The van der Waals surface area contributed by atoms with Crippen LogP contribution in [0.2, 0.25) is 0 Å². The zero-order chi connectivity index (χ0) is 21.3. The Hall–Kier alpha value is -3.02. The Morgan fingerprint density at radius 3 is 2.77 bits per heavy atom. The maximum Gasteiger partial charge on any atom is 0.257 e. The molecule has 1 aliphatic heterocycles. The van der Waals surface area contributed by atoms with Gasteiger partial charge >= 0.3 is 0 Å². The molecule has 0 aliphatic carbocycles. The summed E-state index contributed by atoms with van der Waals surface area (Å²) >= 11 is 0. The highest BCUT2D eigenvalue weighted by Gasteiger charge is 2.28. The lowest BCUT2D eigenvalue weighted by Crippen LogP contribution is -2.39. The van der Waals surface area contributed by atoms with E-state index in [0.717, 1.165) is 42.0 Å². The maximum absolute atomic E-state index is 14.1. The number of amides is 1. The number of pyridine rings is 1. The number of aryl methyl sites for hydroxylation is 3. The fourth-order valence-electron chi connectivity index (χ4n) is 4.32. The second-order valence-electron chi connectivity index (χ2n) is 8.20. The van der Waals surface area contributed by atoms with Crippen molar-refractivity contribution in [1.29, 1.82) is 0 Å². The van der Waals surface area contributed by atoms with E-state index in [2.05, 4.69) is 11.2 Å². The second-order valence-corrected chi connectivity index (χ2v) is 8.20. The van der Waals surface area contributed by atoms with E-state index in [1.165, 1.54) is 6.07 Å². The molecule has 0 N–H and O–H groups in total. The first-order valence-corrected chi connectivity index (χ1v) is 10.4. The summed E-state index contributed by atoms with van der Waals surface area (Å²) in [6.45, 7) is 5.23. The molecule has 2 aromatic heterocycles. The van der Waals surface area contributed by atoms with Crippen LogP contribution < -0.4 is 0 Å². The van der Waals surface area contributed by atoms with E-state index in [-0.39, 0.29) is 17.6 Å². The van der Waals surface area contributed by atoms with Gasteiger partial charge in [-0.2, -0.15) is 5.10 Å². The van der Waals surface area contributed by atoms with Gasteiger partial charge in [-0.1, -0.05) is 18.2 Å². The van der Waals surface area contributed by atoms with E-state index in [0.29, 0.717) is 24.1 Å². The number of piperidine rings is 1. The first-order chi connectivity index (χ1) is 14.4. The van der Waals surface area contributed by atoms with Gasteiger partial charge in [0.15, 0.2) is 0 Å². The molecule has 4 rings (SSSR count). The Balaban J connectivity index is 1.55. The molecule has 1 amide bonds. The minimum Gasteiger partial charge on any atom is -0.338 e. The molecule has 6 heteroatoms. The number of carbonyl (C=O) groups excluding carboxylic acids is 1. The molecule has 1 atom stereocenters. The molecule has 30 heavy (non-hydrogen) atoms. The number of benzene rings is 1. The van der Waals surface area contributed by atoms with Gasteiger partial charge in [0.2, 0.25) is 0 Å². The summed E-state index contributed by atoms with van der Waals surface area (Å²) in [4.78, 5) is 19.7. The van der Waals surface area contributed by atoms with E-state index in [1.807, 2.05) is 44.0 Å². The van der Waals surface area contributed by atoms with E-state index in [4.69, 9.17) is 4.98 Å². The maximum atomic E-state index is 14.1. The molecule has 1 unspecified atom stereocenters. The summed E-state index contributed by atoms with van der Waals surface area (Å²) in [7, 11) is 1.83. The van der Waals surface area contributed by atoms with Crippen LogP contribution in [0.3, 0.4) is 0 Å². The third-order valence-corrected chi connectivity index (χ3v) is 5.76. The number of hydrogen-bond donors (Lipinski definition) is 0. The smallest absolute Gasteiger partial charge is 0.257 e. The standard InChI is InChI=1S/C24H27FN4O/c1-16-11-18(12-19-7-4-5-9-22(19)25)13-23(26-16)20-8-6-10-29(14-20)24(30)21-15-28(3)27-17(21)2/h4-5,7,9,11,13,15,20H,6,8,10,12,14H2,1-3H3. The zero-order valence-corrected chi connectivity index (χ0v) is 17.7. The van der Waals surface area contributed by atoms with Crippen LogP contribution in [0.5, 0.6) is 0 Å². The van der Waals surface area contributed by atoms with Crippen LogP contribution >= 0.6 is 0 Å². The van der Waals surface area contributed by atoms with Crippen molar-refractivity contribution >= 4 is 5.91 Å². The fourth-order valence-corrected chi connectivity index (χ4v) is 4.32. The van der Waals surface area contributed by atoms with E-state index >= 15 is 0 Å². The summed E-state index contributed by atoms with van der Waals surface area (Å²) in [5, 5.41) is 4.30. The molecule has 156 valence electrons. The molecule has 1 aromatic carbocycles. The number of carbonyl (C=O) groups is 1. The Bertz CT molecular complexity index is 1070. The molecule has 1 saturated heterocycles. The molecule has 0 saturated carbocycles. The predicted octanol–water partition coefficient (Wildman–Crippen LogP) is 4.18. The average Bonchev–Trinajstić information content (AvgIpc) is 3.07. The van der Waals surface area contributed by atoms with E-state index < -0.39 is 0 Å². The van der Waals surface area contributed by atoms with E-state index in [9.17, 15) is 9.18 Å². The van der Waals surface area contributed by atoms with Gasteiger partial charge in [-0.15, -0.1) is 0 Å². The summed E-state index contributed by atoms with van der Waals surface area (Å²) in [6, 6.07) is 11.0. The van der Waals surface area contributed by atoms with Crippen LogP contribution in [-0.2, 0) is 13.5 Å². The van der Waals surface area contributed by atoms with Crippen molar-refractivity contribution in [3.05, 3.63) is 82.2 Å². The summed E-state index contributed by atoms with van der Waals surface area (Å²) in [5.41, 5.74) is 5.06. The molecule has 0 bridgehead atoms. The topological polar surface area (TPSA) is 51.0 Å². The van der Waals surface area contributed by atoms with Gasteiger partial charge in [-0.3, -0.25) is 14.5 Å². The van der Waals surface area contributed by atoms with Gasteiger partial charge in [-0.25, -0.2) is 4.39 Å². The zero-order valence-electron chi connectivity index (χ0n) is 17.7. The second kappa shape index (κ2) is 8.38. The van der Waals surface area contributed by atoms with Gasteiger partial charge in [0, 0.05) is 50.1 Å². The number of aromatic nitrogens is 3. The largest absolute Gasteiger partial charge is 0.338 e. The van der Waals surface area contributed by atoms with Gasteiger partial charge in [0.25, 0.3) is 5.91 Å². The Kier molecular flexibility index (Phi) is 5.66. The molecule has 3 heterocycles. The summed E-state index contributed by atoms with van der Waals surface area (Å²) in [5.74, 6) is 0.0262. The number of nitrogens with zero attached hydrogens (tertiary/aromatic N) is 4. The number of rotatable bonds is 4. The SMILES string of the molecule is Cc1cc(Cc2ccccc2F)cc(C2CCCN(C(=O)c3cn(C)nc3C)C2)n1. The summed E-state index contributed by atoms with van der Waals surface area (Å²) in [6.07, 6.45) is 4.26. The minimum absolute atomic E-state index is 0.0320. The van der Waals surface area contributed by atoms with Crippen LogP contribution in [0.15, 0.2) is 42.6 Å². The van der Waals surface area contributed by atoms with Crippen LogP contribution in [0.1, 0.15) is 57.3 Å². The molecular weight excluding hydrogens is 379 g/mol. The first-order valence-electron chi connectivity index (χ1n) is 10.4. The van der Waals surface area contributed by atoms with Crippen LogP contribution in [-0.4, -0.2) is 38.7 Å². The lowest BCUT2D eigenvalue weighted by molar-refractivity contribution is 0.0705. The minimum atomic E-state index is -0.185. The van der Waals surface area contributed by atoms with Crippen molar-refractivity contribution in [2.45, 2.75) is 39.0 Å². The number of halogens is 1. The molecule has 3 aromatic rings. The van der Waals surface area contributed by atoms with Crippen molar-refractivity contribution in [2.24, 2.45) is 7.05 Å². The third-order valence-electron chi connectivity index (χ3n) is 5.76. The highest BCUT2D eigenvalue weighted by atomic mass is 19.1.